The first kappa shape index (κ1) is 20.3. The summed E-state index contributed by atoms with van der Waals surface area (Å²) in [6.07, 6.45) is 3.69. The normalized spacial score (nSPS) is 10.8. The number of hydrogen-bond donors (Lipinski definition) is 3. The first-order valence-corrected chi connectivity index (χ1v) is 9.77. The van der Waals surface area contributed by atoms with Gasteiger partial charge in [-0.25, -0.2) is 9.97 Å². The number of rotatable bonds is 6. The van der Waals surface area contributed by atoms with Crippen LogP contribution in [0, 0.1) is 11.3 Å². The number of H-pyrrole nitrogens is 1. The number of carbonyl (C=O) groups excluding carboxylic acids is 1. The third kappa shape index (κ3) is 4.04. The minimum atomic E-state index is -0.122. The summed E-state index contributed by atoms with van der Waals surface area (Å²) in [4.78, 5) is 20.7. The van der Waals surface area contributed by atoms with Crippen LogP contribution in [0.15, 0.2) is 30.6 Å². The van der Waals surface area contributed by atoms with Gasteiger partial charge >= 0.3 is 0 Å². The van der Waals surface area contributed by atoms with Crippen LogP contribution in [-0.2, 0) is 11.8 Å². The van der Waals surface area contributed by atoms with Gasteiger partial charge in [0.05, 0.1) is 16.7 Å². The van der Waals surface area contributed by atoms with Crippen molar-refractivity contribution < 1.29 is 4.79 Å². The number of nitriles is 1. The fourth-order valence-corrected chi connectivity index (χ4v) is 3.40. The number of halogens is 1. The number of carbonyl (C=O) groups is 1. The van der Waals surface area contributed by atoms with Gasteiger partial charge in [-0.1, -0.05) is 11.6 Å². The summed E-state index contributed by atoms with van der Waals surface area (Å²) in [6, 6.07) is 7.51. The Morgan fingerprint density at radius 1 is 1.32 bits per heavy atom. The maximum Gasteiger partial charge on any atom is 0.221 e. The molecule has 4 rings (SSSR count). The molecule has 0 saturated carbocycles. The average Bonchev–Trinajstić information content (AvgIpc) is 3.42. The van der Waals surface area contributed by atoms with Crippen LogP contribution in [0.4, 0.5) is 5.82 Å². The summed E-state index contributed by atoms with van der Waals surface area (Å²) in [5.41, 5.74) is 3.05. The van der Waals surface area contributed by atoms with E-state index in [1.807, 2.05) is 12.1 Å². The van der Waals surface area contributed by atoms with Crippen LogP contribution < -0.4 is 10.6 Å². The molecule has 0 aliphatic rings. The average molecular weight is 436 g/mol. The Bertz CT molecular complexity index is 1320. The van der Waals surface area contributed by atoms with Crippen molar-refractivity contribution in [3.63, 3.8) is 0 Å². The molecule has 0 fully saturated rings. The molecule has 0 spiro atoms. The van der Waals surface area contributed by atoms with Gasteiger partial charge < -0.3 is 10.6 Å². The molecule has 1 aromatic carbocycles. The highest BCUT2D eigenvalue weighted by atomic mass is 35.5. The summed E-state index contributed by atoms with van der Waals surface area (Å²) >= 11 is 6.42. The zero-order valence-electron chi connectivity index (χ0n) is 16.8. The number of aromatic amines is 1. The van der Waals surface area contributed by atoms with Gasteiger partial charge in [0.25, 0.3) is 0 Å². The lowest BCUT2D eigenvalue weighted by molar-refractivity contribution is -0.120. The summed E-state index contributed by atoms with van der Waals surface area (Å²) in [5.74, 6) is 0.162. The van der Waals surface area contributed by atoms with Crippen molar-refractivity contribution in [2.75, 3.05) is 18.9 Å². The van der Waals surface area contributed by atoms with E-state index in [4.69, 9.17) is 11.6 Å². The Balaban J connectivity index is 1.85. The van der Waals surface area contributed by atoms with Gasteiger partial charge in [-0.15, -0.1) is 0 Å². The summed E-state index contributed by atoms with van der Waals surface area (Å²) in [5, 5.41) is 27.9. The zero-order chi connectivity index (χ0) is 22.0. The van der Waals surface area contributed by atoms with E-state index in [0.29, 0.717) is 39.7 Å². The molecule has 0 aliphatic carbocycles. The number of nitrogens with zero attached hydrogens (tertiary/aromatic N) is 6. The number of fused-ring (bicyclic) bond motifs is 1. The molecular weight excluding hydrogens is 418 g/mol. The van der Waals surface area contributed by atoms with Gasteiger partial charge in [0.2, 0.25) is 5.91 Å². The van der Waals surface area contributed by atoms with E-state index in [2.05, 4.69) is 42.0 Å². The molecule has 1 amide bonds. The second-order valence-corrected chi connectivity index (χ2v) is 7.15. The highest BCUT2D eigenvalue weighted by Crippen LogP contribution is 2.34. The third-order valence-corrected chi connectivity index (χ3v) is 4.95. The first-order valence-electron chi connectivity index (χ1n) is 9.39. The predicted molar refractivity (Wildman–Crippen MR) is 116 cm³/mol. The molecule has 3 heterocycles. The number of aryl methyl sites for hydroxylation is 1. The highest BCUT2D eigenvalue weighted by molar-refractivity contribution is 6.35. The van der Waals surface area contributed by atoms with E-state index < -0.39 is 0 Å². The van der Waals surface area contributed by atoms with Gasteiger partial charge in [0.1, 0.15) is 23.2 Å². The van der Waals surface area contributed by atoms with Crippen LogP contribution in [0.1, 0.15) is 12.1 Å². The molecule has 0 radical (unpaired) electrons. The van der Waals surface area contributed by atoms with E-state index in [9.17, 15) is 10.1 Å². The topological polar surface area (TPSA) is 137 Å². The van der Waals surface area contributed by atoms with Crippen molar-refractivity contribution in [1.82, 2.24) is 35.3 Å². The Kier molecular flexibility index (Phi) is 5.51. The molecule has 0 aliphatic heterocycles. The highest BCUT2D eigenvalue weighted by Gasteiger charge is 2.20. The van der Waals surface area contributed by atoms with E-state index >= 15 is 0 Å². The smallest absolute Gasteiger partial charge is 0.221 e. The molecule has 0 bridgehead atoms. The maximum atomic E-state index is 11.5. The van der Waals surface area contributed by atoms with Gasteiger partial charge in [0.15, 0.2) is 11.5 Å². The predicted octanol–water partition coefficient (Wildman–Crippen LogP) is 2.49. The minimum absolute atomic E-state index is 0.106. The lowest BCUT2D eigenvalue weighted by Gasteiger charge is -2.12. The van der Waals surface area contributed by atoms with Crippen molar-refractivity contribution in [2.45, 2.75) is 6.42 Å². The summed E-state index contributed by atoms with van der Waals surface area (Å²) in [7, 11) is 3.37. The second-order valence-electron chi connectivity index (χ2n) is 6.75. The Hall–Kier alpha value is -3.97. The SMILES string of the molecule is CNC(=O)CCNc1nc(-c2ccn(C)n2)c(-c2cc(Cl)c3[nH]ncc3c2)nc1C#N. The zero-order valence-corrected chi connectivity index (χ0v) is 17.5. The third-order valence-electron chi connectivity index (χ3n) is 4.66. The van der Waals surface area contributed by atoms with Crippen molar-refractivity contribution >= 4 is 34.2 Å². The number of nitrogens with one attached hydrogen (secondary N) is 3. The molecule has 4 aromatic rings. The monoisotopic (exact) mass is 435 g/mol. The van der Waals surface area contributed by atoms with Crippen molar-refractivity contribution in [2.24, 2.45) is 7.05 Å². The van der Waals surface area contributed by atoms with Crippen molar-refractivity contribution in [3.05, 3.63) is 41.3 Å². The number of benzene rings is 1. The van der Waals surface area contributed by atoms with Crippen molar-refractivity contribution in [3.8, 4) is 28.7 Å². The Morgan fingerprint density at radius 2 is 2.16 bits per heavy atom. The van der Waals surface area contributed by atoms with Gasteiger partial charge in [-0.05, 0) is 18.2 Å². The number of aromatic nitrogens is 6. The number of anilines is 1. The molecule has 31 heavy (non-hydrogen) atoms. The molecule has 0 saturated heterocycles. The van der Waals surface area contributed by atoms with Crippen molar-refractivity contribution in [1.29, 1.82) is 5.26 Å². The van der Waals surface area contributed by atoms with Crippen LogP contribution in [-0.4, -0.2) is 49.4 Å². The molecule has 11 heteroatoms. The van der Waals surface area contributed by atoms with Crippen LogP contribution >= 0.6 is 11.6 Å². The van der Waals surface area contributed by atoms with Gasteiger partial charge in [-0.2, -0.15) is 15.5 Å². The molecule has 3 N–H and O–H groups in total. The van der Waals surface area contributed by atoms with Crippen LogP contribution in [0.3, 0.4) is 0 Å². The number of hydrogen-bond acceptors (Lipinski definition) is 7. The Labute approximate surface area is 182 Å². The van der Waals surface area contributed by atoms with Gasteiger partial charge in [0, 0.05) is 44.2 Å². The lowest BCUT2D eigenvalue weighted by Crippen LogP contribution is -2.21. The summed E-state index contributed by atoms with van der Waals surface area (Å²) < 4.78 is 1.66. The second kappa shape index (κ2) is 8.41. The molecular formula is C20H18ClN9O. The molecule has 3 aromatic heterocycles. The maximum absolute atomic E-state index is 11.5. The van der Waals surface area contributed by atoms with E-state index in [1.165, 1.54) is 0 Å². The quantitative estimate of drug-likeness (QED) is 0.423. The van der Waals surface area contributed by atoms with Crippen LogP contribution in [0.25, 0.3) is 33.5 Å². The first-order chi connectivity index (χ1) is 15.0. The minimum Gasteiger partial charge on any atom is -0.367 e. The standard InChI is InChI=1S/C20H18ClN9O/c1-23-16(31)3-5-24-20-15(9-22)26-18(19(27-20)14-4-6-30(2)29-14)11-7-12-10-25-28-17(12)13(21)8-11/h4,6-8,10H,3,5H2,1-2H3,(H,23,31)(H,24,27)(H,25,28). The fourth-order valence-electron chi connectivity index (χ4n) is 3.13. The van der Waals surface area contributed by atoms with Crippen LogP contribution in [0.2, 0.25) is 5.02 Å². The lowest BCUT2D eigenvalue weighted by atomic mass is 10.1. The van der Waals surface area contributed by atoms with Gasteiger partial charge in [-0.3, -0.25) is 14.6 Å². The van der Waals surface area contributed by atoms with E-state index in [1.54, 1.807) is 37.2 Å². The van der Waals surface area contributed by atoms with E-state index in [-0.39, 0.29) is 23.8 Å². The molecule has 10 nitrogen and oxygen atoms in total. The van der Waals surface area contributed by atoms with E-state index in [0.717, 1.165) is 5.39 Å². The fraction of sp³-hybridized carbons (Fsp3) is 0.200. The molecule has 156 valence electrons. The molecule has 0 atom stereocenters. The largest absolute Gasteiger partial charge is 0.367 e. The van der Waals surface area contributed by atoms with Crippen LogP contribution in [0.5, 0.6) is 0 Å². The number of amides is 1. The summed E-state index contributed by atoms with van der Waals surface area (Å²) in [6.45, 7) is 0.302. The molecule has 0 unspecified atom stereocenters. The Morgan fingerprint density at radius 3 is 2.87 bits per heavy atom.